The van der Waals surface area contributed by atoms with Crippen molar-refractivity contribution in [3.05, 3.63) is 29.3 Å². The average Bonchev–Trinajstić information content (AvgIpc) is 3.23. The van der Waals surface area contributed by atoms with Gasteiger partial charge >= 0.3 is 0 Å². The van der Waals surface area contributed by atoms with Crippen LogP contribution in [0.1, 0.15) is 17.7 Å². The lowest BCUT2D eigenvalue weighted by Gasteiger charge is -2.33. The standard InChI is InChI=1S/C21H28N4O3S/c1-2-17(23-16-3-4-19-20(12-16)28-11-10-27-19)14-24(5-1)15-18-13-22-21(29-18)25-6-8-26-9-7-25/h3-4,12-13,17,23H,1-2,5-11,14-15H2/t17-/m1/s1. The maximum atomic E-state index is 5.71. The van der Waals surface area contributed by atoms with Crippen molar-refractivity contribution >= 4 is 22.2 Å². The number of hydrogen-bond acceptors (Lipinski definition) is 8. The van der Waals surface area contributed by atoms with Gasteiger partial charge in [0.25, 0.3) is 0 Å². The number of benzene rings is 1. The first kappa shape index (κ1) is 19.0. The number of ether oxygens (including phenoxy) is 3. The summed E-state index contributed by atoms with van der Waals surface area (Å²) in [5.74, 6) is 1.68. The molecule has 5 rings (SSSR count). The second-order valence-electron chi connectivity index (χ2n) is 7.79. The number of likely N-dealkylation sites (tertiary alicyclic amines) is 1. The zero-order valence-corrected chi connectivity index (χ0v) is 17.5. The van der Waals surface area contributed by atoms with Crippen LogP contribution in [0.4, 0.5) is 10.8 Å². The Bertz CT molecular complexity index is 824. The maximum Gasteiger partial charge on any atom is 0.185 e. The molecule has 2 aromatic rings. The van der Waals surface area contributed by atoms with Crippen molar-refractivity contribution in [2.75, 3.05) is 62.8 Å². The highest BCUT2D eigenvalue weighted by Crippen LogP contribution is 2.33. The SMILES string of the molecule is c1cc2c(cc1N[C@@H]1CCCN(Cc3cnc(N4CCOCC4)s3)C1)OCCO2. The summed E-state index contributed by atoms with van der Waals surface area (Å²) in [5.41, 5.74) is 1.11. The highest BCUT2D eigenvalue weighted by molar-refractivity contribution is 7.15. The van der Waals surface area contributed by atoms with E-state index in [4.69, 9.17) is 14.2 Å². The molecule has 3 aliphatic rings. The summed E-state index contributed by atoms with van der Waals surface area (Å²) in [6.07, 6.45) is 4.44. The fourth-order valence-electron chi connectivity index (χ4n) is 4.18. The molecule has 2 saturated heterocycles. The molecule has 7 nitrogen and oxygen atoms in total. The van der Waals surface area contributed by atoms with E-state index in [9.17, 15) is 0 Å². The van der Waals surface area contributed by atoms with E-state index >= 15 is 0 Å². The number of anilines is 2. The topological polar surface area (TPSA) is 59.1 Å². The molecule has 156 valence electrons. The van der Waals surface area contributed by atoms with E-state index in [1.165, 1.54) is 17.7 Å². The molecule has 1 N–H and O–H groups in total. The molecule has 4 heterocycles. The monoisotopic (exact) mass is 416 g/mol. The van der Waals surface area contributed by atoms with Crippen molar-refractivity contribution in [1.82, 2.24) is 9.88 Å². The van der Waals surface area contributed by atoms with Crippen LogP contribution in [0.5, 0.6) is 11.5 Å². The number of rotatable bonds is 5. The largest absolute Gasteiger partial charge is 0.486 e. The summed E-state index contributed by atoms with van der Waals surface area (Å²) in [5, 5.41) is 4.82. The number of fused-ring (bicyclic) bond motifs is 1. The summed E-state index contributed by atoms with van der Waals surface area (Å²) in [7, 11) is 0. The van der Waals surface area contributed by atoms with Crippen molar-refractivity contribution in [2.45, 2.75) is 25.4 Å². The fourth-order valence-corrected chi connectivity index (χ4v) is 5.18. The van der Waals surface area contributed by atoms with Gasteiger partial charge in [-0.2, -0.15) is 0 Å². The fraction of sp³-hybridized carbons (Fsp3) is 0.571. The van der Waals surface area contributed by atoms with E-state index in [0.717, 1.165) is 68.3 Å². The average molecular weight is 417 g/mol. The van der Waals surface area contributed by atoms with E-state index in [1.807, 2.05) is 23.6 Å². The number of morpholine rings is 1. The minimum atomic E-state index is 0.443. The first-order valence-electron chi connectivity index (χ1n) is 10.5. The van der Waals surface area contributed by atoms with Crippen LogP contribution in [-0.4, -0.2) is 68.5 Å². The Morgan fingerprint density at radius 3 is 2.83 bits per heavy atom. The van der Waals surface area contributed by atoms with Crippen LogP contribution in [-0.2, 0) is 11.3 Å². The van der Waals surface area contributed by atoms with Gasteiger partial charge in [-0.15, -0.1) is 11.3 Å². The summed E-state index contributed by atoms with van der Waals surface area (Å²) >= 11 is 1.82. The first-order chi connectivity index (χ1) is 14.3. The number of nitrogens with zero attached hydrogens (tertiary/aromatic N) is 3. The van der Waals surface area contributed by atoms with Gasteiger partial charge in [-0.25, -0.2) is 4.98 Å². The predicted octanol–water partition coefficient (Wildman–Crippen LogP) is 2.83. The Labute approximate surface area is 175 Å². The summed E-state index contributed by atoms with van der Waals surface area (Å²) in [6, 6.07) is 6.59. The van der Waals surface area contributed by atoms with Gasteiger partial charge in [-0.05, 0) is 31.5 Å². The van der Waals surface area contributed by atoms with E-state index < -0.39 is 0 Å². The smallest absolute Gasteiger partial charge is 0.185 e. The Morgan fingerprint density at radius 1 is 1.07 bits per heavy atom. The van der Waals surface area contributed by atoms with E-state index in [-0.39, 0.29) is 0 Å². The highest BCUT2D eigenvalue weighted by atomic mass is 32.1. The Hall–Kier alpha value is -2.03. The van der Waals surface area contributed by atoms with Crippen molar-refractivity contribution in [1.29, 1.82) is 0 Å². The van der Waals surface area contributed by atoms with Crippen LogP contribution < -0.4 is 19.7 Å². The van der Waals surface area contributed by atoms with Gasteiger partial charge in [0, 0.05) is 55.0 Å². The number of aromatic nitrogens is 1. The third-order valence-electron chi connectivity index (χ3n) is 5.62. The van der Waals surface area contributed by atoms with E-state index in [2.05, 4.69) is 32.2 Å². The number of thiazole rings is 1. The molecule has 0 spiro atoms. The Morgan fingerprint density at radius 2 is 1.93 bits per heavy atom. The quantitative estimate of drug-likeness (QED) is 0.804. The van der Waals surface area contributed by atoms with Gasteiger partial charge in [0.15, 0.2) is 16.6 Å². The minimum Gasteiger partial charge on any atom is -0.486 e. The second kappa shape index (κ2) is 8.77. The molecule has 0 saturated carbocycles. The van der Waals surface area contributed by atoms with Gasteiger partial charge in [-0.3, -0.25) is 4.90 Å². The van der Waals surface area contributed by atoms with Crippen LogP contribution in [0.2, 0.25) is 0 Å². The molecular weight excluding hydrogens is 388 g/mol. The molecule has 1 aromatic carbocycles. The molecule has 0 bridgehead atoms. The molecule has 2 fully saturated rings. The van der Waals surface area contributed by atoms with Crippen LogP contribution >= 0.6 is 11.3 Å². The molecule has 3 aliphatic heterocycles. The third-order valence-corrected chi connectivity index (χ3v) is 6.66. The first-order valence-corrected chi connectivity index (χ1v) is 11.3. The molecule has 0 amide bonds. The normalized spacial score (nSPS) is 22.5. The molecule has 0 radical (unpaired) electrons. The van der Waals surface area contributed by atoms with E-state index in [0.29, 0.717) is 19.3 Å². The lowest BCUT2D eigenvalue weighted by atomic mass is 10.1. The molecule has 29 heavy (non-hydrogen) atoms. The van der Waals surface area contributed by atoms with Gasteiger partial charge in [0.1, 0.15) is 13.2 Å². The van der Waals surface area contributed by atoms with Crippen LogP contribution in [0, 0.1) is 0 Å². The number of nitrogens with one attached hydrogen (secondary N) is 1. The lowest BCUT2D eigenvalue weighted by molar-refractivity contribution is 0.122. The highest BCUT2D eigenvalue weighted by Gasteiger charge is 2.22. The zero-order valence-electron chi connectivity index (χ0n) is 16.6. The van der Waals surface area contributed by atoms with Crippen LogP contribution in [0.15, 0.2) is 24.4 Å². The number of hydrogen-bond donors (Lipinski definition) is 1. The maximum absolute atomic E-state index is 5.71. The molecule has 1 aromatic heterocycles. The van der Waals surface area contributed by atoms with Crippen LogP contribution in [0.25, 0.3) is 0 Å². The zero-order chi connectivity index (χ0) is 19.5. The molecule has 0 aliphatic carbocycles. The van der Waals surface area contributed by atoms with E-state index in [1.54, 1.807) is 0 Å². The van der Waals surface area contributed by atoms with Gasteiger partial charge in [0.05, 0.1) is 13.2 Å². The lowest BCUT2D eigenvalue weighted by Crippen LogP contribution is -2.41. The third kappa shape index (κ3) is 4.60. The van der Waals surface area contributed by atoms with Crippen molar-refractivity contribution in [3.8, 4) is 11.5 Å². The summed E-state index contributed by atoms with van der Waals surface area (Å²) < 4.78 is 16.8. The molecule has 8 heteroatoms. The second-order valence-corrected chi connectivity index (χ2v) is 8.88. The minimum absolute atomic E-state index is 0.443. The summed E-state index contributed by atoms with van der Waals surface area (Å²) in [4.78, 5) is 10.9. The predicted molar refractivity (Wildman–Crippen MR) is 114 cm³/mol. The molecule has 0 unspecified atom stereocenters. The molecule has 1 atom stereocenters. The van der Waals surface area contributed by atoms with Crippen LogP contribution in [0.3, 0.4) is 0 Å². The van der Waals surface area contributed by atoms with Crippen molar-refractivity contribution < 1.29 is 14.2 Å². The number of piperidine rings is 1. The van der Waals surface area contributed by atoms with Gasteiger partial charge < -0.3 is 24.4 Å². The Balaban J connectivity index is 1.17. The Kier molecular flexibility index (Phi) is 5.73. The van der Waals surface area contributed by atoms with Gasteiger partial charge in [0.2, 0.25) is 0 Å². The summed E-state index contributed by atoms with van der Waals surface area (Å²) in [6.45, 7) is 7.89. The van der Waals surface area contributed by atoms with Crippen molar-refractivity contribution in [3.63, 3.8) is 0 Å². The van der Waals surface area contributed by atoms with Crippen molar-refractivity contribution in [2.24, 2.45) is 0 Å². The molecular formula is C21H28N4O3S. The van der Waals surface area contributed by atoms with Gasteiger partial charge in [-0.1, -0.05) is 0 Å².